The molecule has 0 aromatic carbocycles. The van der Waals surface area contributed by atoms with E-state index in [1.165, 1.54) is 16.6 Å². The number of fused-ring (bicyclic) bond motifs is 1. The van der Waals surface area contributed by atoms with Crippen LogP contribution < -0.4 is 5.32 Å². The fourth-order valence-electron chi connectivity index (χ4n) is 3.14. The Labute approximate surface area is 146 Å². The molecule has 1 unspecified atom stereocenters. The molecule has 0 fully saturated rings. The van der Waals surface area contributed by atoms with Crippen LogP contribution >= 0.6 is 0 Å². The van der Waals surface area contributed by atoms with Gasteiger partial charge in [-0.25, -0.2) is 4.79 Å². The summed E-state index contributed by atoms with van der Waals surface area (Å²) in [7, 11) is 1.68. The zero-order valence-electron chi connectivity index (χ0n) is 14.7. The Bertz CT molecular complexity index is 779. The molecule has 3 heterocycles. The van der Waals surface area contributed by atoms with E-state index in [0.717, 1.165) is 13.1 Å². The maximum Gasteiger partial charge on any atom is 0.343 e. The highest BCUT2D eigenvalue weighted by molar-refractivity contribution is 6.00. The summed E-state index contributed by atoms with van der Waals surface area (Å²) in [4.78, 5) is 26.6. The first-order chi connectivity index (χ1) is 12.0. The van der Waals surface area contributed by atoms with Crippen molar-refractivity contribution < 1.29 is 14.3 Å². The van der Waals surface area contributed by atoms with Crippen molar-refractivity contribution in [2.45, 2.75) is 26.4 Å². The van der Waals surface area contributed by atoms with E-state index < -0.39 is 5.97 Å². The minimum absolute atomic E-state index is 0.158. The molecule has 2 aromatic heterocycles. The van der Waals surface area contributed by atoms with Crippen LogP contribution in [-0.4, -0.2) is 50.8 Å². The Morgan fingerprint density at radius 2 is 2.20 bits per heavy atom. The van der Waals surface area contributed by atoms with E-state index in [0.29, 0.717) is 5.82 Å². The summed E-state index contributed by atoms with van der Waals surface area (Å²) in [5.41, 5.74) is 1.46. The van der Waals surface area contributed by atoms with E-state index in [1.54, 1.807) is 14.0 Å². The first-order valence-corrected chi connectivity index (χ1v) is 8.39. The van der Waals surface area contributed by atoms with Crippen LogP contribution in [0.1, 0.15) is 35.9 Å². The van der Waals surface area contributed by atoms with Gasteiger partial charge in [0.15, 0.2) is 0 Å². The predicted octanol–water partition coefficient (Wildman–Crippen LogP) is 1.41. The first-order valence-electron chi connectivity index (χ1n) is 8.39. The van der Waals surface area contributed by atoms with Crippen LogP contribution in [-0.2, 0) is 23.1 Å². The van der Waals surface area contributed by atoms with E-state index in [2.05, 4.69) is 39.1 Å². The minimum Gasteiger partial charge on any atom is -0.462 e. The molecule has 1 amide bonds. The van der Waals surface area contributed by atoms with Gasteiger partial charge < -0.3 is 14.6 Å². The Balaban J connectivity index is 1.68. The summed E-state index contributed by atoms with van der Waals surface area (Å²) in [6, 6.07) is 4.26. The third-order valence-electron chi connectivity index (χ3n) is 4.51. The molecule has 0 aliphatic carbocycles. The van der Waals surface area contributed by atoms with Gasteiger partial charge in [0.25, 0.3) is 0 Å². The maximum absolute atomic E-state index is 12.5. The van der Waals surface area contributed by atoms with E-state index >= 15 is 0 Å². The molecule has 0 saturated heterocycles. The average molecular weight is 345 g/mol. The van der Waals surface area contributed by atoms with Crippen LogP contribution in [0.15, 0.2) is 24.5 Å². The summed E-state index contributed by atoms with van der Waals surface area (Å²) >= 11 is 0. The molecule has 1 N–H and O–H groups in total. The highest BCUT2D eigenvalue weighted by Gasteiger charge is 2.26. The van der Waals surface area contributed by atoms with E-state index in [-0.39, 0.29) is 30.7 Å². The van der Waals surface area contributed by atoms with Crippen molar-refractivity contribution in [2.75, 3.05) is 25.0 Å². The topological polar surface area (TPSA) is 81.4 Å². The molecule has 134 valence electrons. The van der Waals surface area contributed by atoms with Crippen LogP contribution in [0.4, 0.5) is 5.82 Å². The molecule has 0 saturated carbocycles. The predicted molar refractivity (Wildman–Crippen MR) is 92.2 cm³/mol. The van der Waals surface area contributed by atoms with E-state index in [4.69, 9.17) is 4.74 Å². The van der Waals surface area contributed by atoms with Crippen LogP contribution in [0.3, 0.4) is 0 Å². The van der Waals surface area contributed by atoms with Crippen LogP contribution in [0.25, 0.3) is 0 Å². The lowest BCUT2D eigenvalue weighted by atomic mass is 10.1. The number of hydrogen-bond donors (Lipinski definition) is 1. The smallest absolute Gasteiger partial charge is 0.343 e. The first kappa shape index (κ1) is 17.2. The number of esters is 1. The molecule has 0 spiro atoms. The zero-order valence-corrected chi connectivity index (χ0v) is 14.7. The standard InChI is InChI=1S/C17H23N5O3/c1-4-25-17(24)13-10-18-20(3)16(13)19-15(23)11-22-9-8-21-7-5-6-14(21)12(22)2/h5-7,10,12H,4,8-9,11H2,1-3H3,(H,19,23). The Morgan fingerprint density at radius 1 is 1.40 bits per heavy atom. The number of ether oxygens (including phenoxy) is 1. The van der Waals surface area contributed by atoms with Crippen molar-refractivity contribution >= 4 is 17.7 Å². The normalized spacial score (nSPS) is 17.2. The summed E-state index contributed by atoms with van der Waals surface area (Å²) < 4.78 is 8.68. The highest BCUT2D eigenvalue weighted by Crippen LogP contribution is 2.25. The van der Waals surface area contributed by atoms with Gasteiger partial charge in [-0.2, -0.15) is 5.10 Å². The second-order valence-electron chi connectivity index (χ2n) is 6.07. The average Bonchev–Trinajstić information content (AvgIpc) is 3.18. The number of hydrogen-bond acceptors (Lipinski definition) is 5. The lowest BCUT2D eigenvalue weighted by molar-refractivity contribution is -0.118. The molecule has 2 aromatic rings. The largest absolute Gasteiger partial charge is 0.462 e. The number of rotatable bonds is 5. The van der Waals surface area contributed by atoms with Crippen molar-refractivity contribution in [1.82, 2.24) is 19.2 Å². The molecule has 25 heavy (non-hydrogen) atoms. The molecule has 0 radical (unpaired) electrons. The van der Waals surface area contributed by atoms with E-state index in [9.17, 15) is 9.59 Å². The van der Waals surface area contributed by atoms with Gasteiger partial charge >= 0.3 is 5.97 Å². The molecule has 1 aliphatic heterocycles. The molecule has 8 nitrogen and oxygen atoms in total. The monoisotopic (exact) mass is 345 g/mol. The second kappa shape index (κ2) is 7.10. The second-order valence-corrected chi connectivity index (χ2v) is 6.07. The third kappa shape index (κ3) is 3.43. The molecule has 1 atom stereocenters. The summed E-state index contributed by atoms with van der Waals surface area (Å²) in [6.45, 7) is 6.00. The fraction of sp³-hybridized carbons (Fsp3) is 0.471. The third-order valence-corrected chi connectivity index (χ3v) is 4.51. The summed E-state index contributed by atoms with van der Waals surface area (Å²) in [5.74, 6) is -0.312. The Kier molecular flexibility index (Phi) is 4.89. The van der Waals surface area contributed by atoms with Crippen molar-refractivity contribution in [3.8, 4) is 0 Å². The van der Waals surface area contributed by atoms with Crippen LogP contribution in [0.5, 0.6) is 0 Å². The van der Waals surface area contributed by atoms with Crippen molar-refractivity contribution in [3.63, 3.8) is 0 Å². The Hall–Kier alpha value is -2.61. The molecule has 8 heteroatoms. The highest BCUT2D eigenvalue weighted by atomic mass is 16.5. The number of aryl methyl sites for hydroxylation is 1. The summed E-state index contributed by atoms with van der Waals surface area (Å²) in [6.07, 6.45) is 3.47. The molecular weight excluding hydrogens is 322 g/mol. The van der Waals surface area contributed by atoms with Gasteiger partial charge in [-0.05, 0) is 26.0 Å². The maximum atomic E-state index is 12.5. The van der Waals surface area contributed by atoms with Gasteiger partial charge in [-0.1, -0.05) is 0 Å². The van der Waals surface area contributed by atoms with Crippen LogP contribution in [0.2, 0.25) is 0 Å². The SMILES string of the molecule is CCOC(=O)c1cnn(C)c1NC(=O)CN1CCn2cccc2C1C. The fourth-order valence-corrected chi connectivity index (χ4v) is 3.14. The molecular formula is C17H23N5O3. The van der Waals surface area contributed by atoms with Crippen molar-refractivity contribution in [2.24, 2.45) is 7.05 Å². The lowest BCUT2D eigenvalue weighted by Gasteiger charge is -2.34. The zero-order chi connectivity index (χ0) is 18.0. The van der Waals surface area contributed by atoms with Crippen LogP contribution in [0, 0.1) is 0 Å². The molecule has 1 aliphatic rings. The number of anilines is 1. The van der Waals surface area contributed by atoms with Crippen molar-refractivity contribution in [3.05, 3.63) is 35.8 Å². The number of aromatic nitrogens is 3. The number of carbonyl (C=O) groups is 2. The minimum atomic E-state index is -0.491. The van der Waals surface area contributed by atoms with Gasteiger partial charge in [-0.15, -0.1) is 0 Å². The number of nitrogens with zero attached hydrogens (tertiary/aromatic N) is 4. The number of nitrogens with one attached hydrogen (secondary N) is 1. The van der Waals surface area contributed by atoms with Crippen molar-refractivity contribution in [1.29, 1.82) is 0 Å². The van der Waals surface area contributed by atoms with Gasteiger partial charge in [0, 0.05) is 38.1 Å². The van der Waals surface area contributed by atoms with Gasteiger partial charge in [0.2, 0.25) is 5.91 Å². The van der Waals surface area contributed by atoms with Gasteiger partial charge in [0.05, 0.1) is 19.3 Å². The van der Waals surface area contributed by atoms with Gasteiger partial charge in [-0.3, -0.25) is 14.4 Å². The number of carbonyl (C=O) groups excluding carboxylic acids is 2. The quantitative estimate of drug-likeness (QED) is 0.829. The van der Waals surface area contributed by atoms with Gasteiger partial charge in [0.1, 0.15) is 11.4 Å². The number of amides is 1. The lowest BCUT2D eigenvalue weighted by Crippen LogP contribution is -2.41. The summed E-state index contributed by atoms with van der Waals surface area (Å²) in [5, 5.41) is 6.84. The molecule has 3 rings (SSSR count). The van der Waals surface area contributed by atoms with E-state index in [1.807, 2.05) is 6.07 Å². The molecule has 0 bridgehead atoms. The Morgan fingerprint density at radius 3 is 2.96 bits per heavy atom.